The number of hydrogen-bond acceptors (Lipinski definition) is 4. The van der Waals surface area contributed by atoms with Crippen molar-refractivity contribution in [3.8, 4) is 40.0 Å². The number of nitrogen functional groups attached to an aromatic ring is 1. The number of ether oxygens (including phenoxy) is 1. The Bertz CT molecular complexity index is 1050. The van der Waals surface area contributed by atoms with E-state index in [9.17, 15) is 10.4 Å². The van der Waals surface area contributed by atoms with Gasteiger partial charge in [0.1, 0.15) is 17.3 Å². The normalized spacial score (nSPS) is 10.4. The molecule has 0 unspecified atom stereocenters. The van der Waals surface area contributed by atoms with Gasteiger partial charge < -0.3 is 9.84 Å². The molecular formula is C19H14Cl2N3O2+. The first-order valence-corrected chi connectivity index (χ1v) is 8.29. The number of nitrogens with zero attached hydrogens (tertiary/aromatic N) is 1. The van der Waals surface area contributed by atoms with Gasteiger partial charge in [0, 0.05) is 11.1 Å². The molecule has 0 saturated carbocycles. The molecule has 0 spiro atoms. The van der Waals surface area contributed by atoms with E-state index in [1.807, 2.05) is 0 Å². The van der Waals surface area contributed by atoms with Crippen molar-refractivity contribution in [2.45, 2.75) is 0 Å². The number of hydrogen-bond donors (Lipinski definition) is 2. The third-order valence-electron chi connectivity index (χ3n) is 3.93. The number of aromatic amines is 1. The fourth-order valence-corrected chi connectivity index (χ4v) is 2.92. The second kappa shape index (κ2) is 7.12. The van der Waals surface area contributed by atoms with E-state index >= 15 is 0 Å². The van der Waals surface area contributed by atoms with Gasteiger partial charge in [0.25, 0.3) is 5.82 Å². The number of aromatic hydroxyl groups is 1. The highest BCUT2D eigenvalue weighted by Crippen LogP contribution is 2.35. The molecule has 3 rings (SSSR count). The predicted molar refractivity (Wildman–Crippen MR) is 101 cm³/mol. The van der Waals surface area contributed by atoms with Gasteiger partial charge in [-0.15, -0.1) is 0 Å². The lowest BCUT2D eigenvalue weighted by Gasteiger charge is -2.10. The van der Waals surface area contributed by atoms with Gasteiger partial charge in [-0.25, -0.2) is 4.98 Å². The van der Waals surface area contributed by atoms with Crippen LogP contribution in [-0.2, 0) is 0 Å². The zero-order valence-electron chi connectivity index (χ0n) is 13.7. The molecule has 2 aromatic carbocycles. The van der Waals surface area contributed by atoms with Gasteiger partial charge in [-0.3, -0.25) is 5.73 Å². The van der Waals surface area contributed by atoms with E-state index in [2.05, 4.69) is 11.1 Å². The van der Waals surface area contributed by atoms with Gasteiger partial charge in [0.2, 0.25) is 0 Å². The number of halogens is 2. The quantitative estimate of drug-likeness (QED) is 0.700. The molecular weight excluding hydrogens is 373 g/mol. The summed E-state index contributed by atoms with van der Waals surface area (Å²) < 4.78 is 5.15. The van der Waals surface area contributed by atoms with Crippen LogP contribution in [0, 0.1) is 11.3 Å². The summed E-state index contributed by atoms with van der Waals surface area (Å²) in [5, 5.41) is 20.2. The standard InChI is InChI=1S/C19H13Cl2N3O2/c1-26-18-7-10(3-5-17(18)25)12-8-16(24-19(23)13(12)9-22)11-2-4-14(20)15(21)6-11/h2-8,25H,1H3,(H2,23,24)/p+1. The lowest BCUT2D eigenvalue weighted by Crippen LogP contribution is -2.16. The number of nitrogens with one attached hydrogen (secondary N) is 1. The summed E-state index contributed by atoms with van der Waals surface area (Å²) in [4.78, 5) is 3.01. The lowest BCUT2D eigenvalue weighted by atomic mass is 9.98. The first kappa shape index (κ1) is 17.9. The van der Waals surface area contributed by atoms with Crippen LogP contribution in [0.5, 0.6) is 11.5 Å². The van der Waals surface area contributed by atoms with Crippen molar-refractivity contribution in [3.63, 3.8) is 0 Å². The molecule has 0 radical (unpaired) electrons. The van der Waals surface area contributed by atoms with Crippen molar-refractivity contribution in [3.05, 3.63) is 58.1 Å². The molecule has 0 atom stereocenters. The van der Waals surface area contributed by atoms with E-state index in [4.69, 9.17) is 33.7 Å². The average molecular weight is 387 g/mol. The van der Waals surface area contributed by atoms with Gasteiger partial charge in [-0.2, -0.15) is 5.26 Å². The van der Waals surface area contributed by atoms with Gasteiger partial charge in [0.05, 0.1) is 17.2 Å². The molecule has 4 N–H and O–H groups in total. The smallest absolute Gasteiger partial charge is 0.289 e. The Balaban J connectivity index is 2.23. The summed E-state index contributed by atoms with van der Waals surface area (Å²) in [6.45, 7) is 0. The van der Waals surface area contributed by atoms with E-state index in [1.54, 1.807) is 36.4 Å². The largest absolute Gasteiger partial charge is 0.504 e. The van der Waals surface area contributed by atoms with Gasteiger partial charge >= 0.3 is 0 Å². The first-order chi connectivity index (χ1) is 12.4. The molecule has 0 aliphatic carbocycles. The van der Waals surface area contributed by atoms with Gasteiger partial charge in [-0.05, 0) is 42.0 Å². The molecule has 26 heavy (non-hydrogen) atoms. The zero-order valence-corrected chi connectivity index (χ0v) is 15.2. The average Bonchev–Trinajstić information content (AvgIpc) is 2.63. The van der Waals surface area contributed by atoms with E-state index in [-0.39, 0.29) is 11.6 Å². The predicted octanol–water partition coefficient (Wildman–Crippen LogP) is 4.31. The second-order valence-electron chi connectivity index (χ2n) is 5.51. The minimum Gasteiger partial charge on any atom is -0.504 e. The number of H-pyrrole nitrogens is 1. The fourth-order valence-electron chi connectivity index (χ4n) is 2.62. The van der Waals surface area contributed by atoms with Crippen LogP contribution in [0.25, 0.3) is 22.4 Å². The van der Waals surface area contributed by atoms with Crippen molar-refractivity contribution >= 4 is 29.0 Å². The maximum Gasteiger partial charge on any atom is 0.289 e. The highest BCUT2D eigenvalue weighted by Gasteiger charge is 2.18. The van der Waals surface area contributed by atoms with Crippen LogP contribution in [0.3, 0.4) is 0 Å². The molecule has 0 saturated heterocycles. The van der Waals surface area contributed by atoms with Crippen LogP contribution < -0.4 is 15.5 Å². The molecule has 0 aliphatic heterocycles. The van der Waals surface area contributed by atoms with E-state index in [1.165, 1.54) is 13.2 Å². The maximum absolute atomic E-state index is 9.80. The zero-order chi connectivity index (χ0) is 18.8. The molecule has 0 fully saturated rings. The van der Waals surface area contributed by atoms with Crippen LogP contribution in [0.1, 0.15) is 5.56 Å². The van der Waals surface area contributed by atoms with Gasteiger partial charge in [-0.1, -0.05) is 29.3 Å². The Labute approximate surface area is 160 Å². The summed E-state index contributed by atoms with van der Waals surface area (Å²) in [7, 11) is 1.46. The minimum atomic E-state index is 0.00919. The van der Waals surface area contributed by atoms with Gasteiger partial charge in [0.15, 0.2) is 11.5 Å². The number of rotatable bonds is 3. The van der Waals surface area contributed by atoms with E-state index in [0.717, 1.165) is 5.56 Å². The Morgan fingerprint density at radius 3 is 2.46 bits per heavy atom. The third kappa shape index (κ3) is 3.25. The summed E-state index contributed by atoms with van der Waals surface area (Å²) in [6, 6.07) is 13.9. The summed E-state index contributed by atoms with van der Waals surface area (Å²) in [5.41, 5.74) is 9.07. The van der Waals surface area contributed by atoms with Crippen molar-refractivity contribution in [1.82, 2.24) is 0 Å². The Morgan fingerprint density at radius 1 is 1.08 bits per heavy atom. The fraction of sp³-hybridized carbons (Fsp3) is 0.0526. The Kier molecular flexibility index (Phi) is 4.90. The first-order valence-electron chi connectivity index (χ1n) is 7.53. The molecule has 1 heterocycles. The highest BCUT2D eigenvalue weighted by atomic mass is 35.5. The molecule has 3 aromatic rings. The van der Waals surface area contributed by atoms with Crippen LogP contribution in [0.4, 0.5) is 5.82 Å². The Hall–Kier alpha value is -2.94. The minimum absolute atomic E-state index is 0.00919. The number of anilines is 1. The monoisotopic (exact) mass is 386 g/mol. The summed E-state index contributed by atoms with van der Waals surface area (Å²) in [6.07, 6.45) is 0. The maximum atomic E-state index is 9.80. The second-order valence-corrected chi connectivity index (χ2v) is 6.33. The molecule has 0 amide bonds. The number of phenolic OH excluding ortho intramolecular Hbond substituents is 1. The number of methoxy groups -OCH3 is 1. The number of nitrogens with two attached hydrogens (primary N) is 1. The van der Waals surface area contributed by atoms with Crippen molar-refractivity contribution < 1.29 is 14.8 Å². The van der Waals surface area contributed by atoms with Crippen LogP contribution >= 0.6 is 23.2 Å². The lowest BCUT2D eigenvalue weighted by molar-refractivity contribution is -0.346. The van der Waals surface area contributed by atoms with E-state index in [0.29, 0.717) is 38.2 Å². The molecule has 1 aromatic heterocycles. The van der Waals surface area contributed by atoms with Crippen molar-refractivity contribution in [2.75, 3.05) is 12.8 Å². The molecule has 130 valence electrons. The molecule has 0 bridgehead atoms. The van der Waals surface area contributed by atoms with E-state index < -0.39 is 0 Å². The van der Waals surface area contributed by atoms with Crippen molar-refractivity contribution in [2.24, 2.45) is 0 Å². The highest BCUT2D eigenvalue weighted by molar-refractivity contribution is 6.42. The molecule has 7 heteroatoms. The molecule has 5 nitrogen and oxygen atoms in total. The number of aromatic nitrogens is 1. The van der Waals surface area contributed by atoms with Crippen molar-refractivity contribution in [1.29, 1.82) is 5.26 Å². The SMILES string of the molecule is COc1cc(-c2cc(-c3ccc(Cl)c(Cl)c3)[nH+]c(N)c2C#N)ccc1O. The third-order valence-corrected chi connectivity index (χ3v) is 4.67. The topological polar surface area (TPSA) is 93.4 Å². The Morgan fingerprint density at radius 2 is 1.81 bits per heavy atom. The number of benzene rings is 2. The van der Waals surface area contributed by atoms with Crippen LogP contribution in [0.2, 0.25) is 10.0 Å². The molecule has 0 aliphatic rings. The van der Waals surface area contributed by atoms with Crippen LogP contribution in [-0.4, -0.2) is 12.2 Å². The van der Waals surface area contributed by atoms with Crippen LogP contribution in [0.15, 0.2) is 42.5 Å². The number of nitriles is 1. The number of phenols is 1. The number of pyridine rings is 1. The summed E-state index contributed by atoms with van der Waals surface area (Å²) in [5.74, 6) is 0.530. The summed E-state index contributed by atoms with van der Waals surface area (Å²) >= 11 is 12.1.